The van der Waals surface area contributed by atoms with E-state index in [0.29, 0.717) is 6.54 Å². The van der Waals surface area contributed by atoms with Gasteiger partial charge >= 0.3 is 0 Å². The van der Waals surface area contributed by atoms with Crippen molar-refractivity contribution in [3.8, 4) is 5.75 Å². The molecule has 27 heavy (non-hydrogen) atoms. The first-order chi connectivity index (χ1) is 13.1. The predicted octanol–water partition coefficient (Wildman–Crippen LogP) is 3.18. The number of benzene rings is 2. The number of anilines is 1. The van der Waals surface area contributed by atoms with Gasteiger partial charge in [0, 0.05) is 43.4 Å². The van der Waals surface area contributed by atoms with Crippen molar-refractivity contribution in [3.63, 3.8) is 0 Å². The molecule has 1 unspecified atom stereocenters. The molecule has 0 saturated carbocycles. The molecule has 0 radical (unpaired) electrons. The van der Waals surface area contributed by atoms with Gasteiger partial charge in [0.1, 0.15) is 5.75 Å². The highest BCUT2D eigenvalue weighted by Crippen LogP contribution is 2.20. The number of amides is 1. The Morgan fingerprint density at radius 1 is 1.15 bits per heavy atom. The third kappa shape index (κ3) is 5.15. The predicted molar refractivity (Wildman–Crippen MR) is 110 cm³/mol. The zero-order chi connectivity index (χ0) is 19.2. The van der Waals surface area contributed by atoms with E-state index in [2.05, 4.69) is 15.1 Å². The topological polar surface area (TPSA) is 44.8 Å². The molecule has 1 aliphatic heterocycles. The molecule has 6 heteroatoms. The number of carbonyl (C=O) groups excluding carboxylic acids is 1. The van der Waals surface area contributed by atoms with Crippen molar-refractivity contribution < 1.29 is 9.53 Å². The average molecular weight is 388 g/mol. The van der Waals surface area contributed by atoms with Crippen LogP contribution in [0.1, 0.15) is 12.5 Å². The Bertz CT molecular complexity index is 758. The van der Waals surface area contributed by atoms with Crippen LogP contribution in [0.5, 0.6) is 5.75 Å². The van der Waals surface area contributed by atoms with Gasteiger partial charge in [0.05, 0.1) is 13.2 Å². The number of rotatable bonds is 6. The van der Waals surface area contributed by atoms with Crippen LogP contribution in [0, 0.1) is 0 Å². The molecule has 3 rings (SSSR count). The lowest BCUT2D eigenvalue weighted by atomic mass is 10.1. The standard InChI is InChI=1S/C21H26ClN3O2/c1-16(21(26)23-15-17-4-3-5-20(14-17)27-2)24-10-12-25(13-11-24)19-8-6-18(22)7-9-19/h3-9,14,16H,10-13,15H2,1-2H3,(H,23,26). The van der Waals surface area contributed by atoms with Gasteiger partial charge in [0.2, 0.25) is 5.91 Å². The van der Waals surface area contributed by atoms with E-state index in [1.165, 1.54) is 5.69 Å². The molecule has 2 aromatic carbocycles. The summed E-state index contributed by atoms with van der Waals surface area (Å²) in [7, 11) is 1.64. The molecule has 1 fully saturated rings. The van der Waals surface area contributed by atoms with Gasteiger partial charge in [-0.1, -0.05) is 23.7 Å². The molecule has 1 aliphatic rings. The maximum atomic E-state index is 12.5. The van der Waals surface area contributed by atoms with E-state index >= 15 is 0 Å². The van der Waals surface area contributed by atoms with Crippen LogP contribution in [-0.4, -0.2) is 50.1 Å². The molecule has 5 nitrogen and oxygen atoms in total. The first-order valence-electron chi connectivity index (χ1n) is 9.22. The first kappa shape index (κ1) is 19.5. The lowest BCUT2D eigenvalue weighted by Crippen LogP contribution is -2.53. The number of carbonyl (C=O) groups is 1. The summed E-state index contributed by atoms with van der Waals surface area (Å²) in [5.41, 5.74) is 2.21. The first-order valence-corrected chi connectivity index (χ1v) is 9.60. The number of piperazine rings is 1. The molecule has 1 amide bonds. The maximum absolute atomic E-state index is 12.5. The molecule has 1 heterocycles. The summed E-state index contributed by atoms with van der Waals surface area (Å²) in [5.74, 6) is 0.853. The summed E-state index contributed by atoms with van der Waals surface area (Å²) < 4.78 is 5.22. The van der Waals surface area contributed by atoms with Gasteiger partial charge < -0.3 is 15.0 Å². The minimum atomic E-state index is -0.150. The Balaban J connectivity index is 1.48. The Morgan fingerprint density at radius 3 is 2.52 bits per heavy atom. The van der Waals surface area contributed by atoms with Crippen molar-refractivity contribution in [1.29, 1.82) is 0 Å². The number of hydrogen-bond donors (Lipinski definition) is 1. The van der Waals surface area contributed by atoms with Crippen LogP contribution in [0.4, 0.5) is 5.69 Å². The fourth-order valence-corrected chi connectivity index (χ4v) is 3.43. The van der Waals surface area contributed by atoms with Gasteiger partial charge in [-0.3, -0.25) is 9.69 Å². The fourth-order valence-electron chi connectivity index (χ4n) is 3.30. The summed E-state index contributed by atoms with van der Waals surface area (Å²) in [6.45, 7) is 5.99. The van der Waals surface area contributed by atoms with E-state index in [-0.39, 0.29) is 11.9 Å². The Hall–Kier alpha value is -2.24. The molecule has 1 N–H and O–H groups in total. The average Bonchev–Trinajstić information content (AvgIpc) is 2.72. The molecule has 0 aromatic heterocycles. The number of nitrogens with one attached hydrogen (secondary N) is 1. The number of halogens is 1. The van der Waals surface area contributed by atoms with Gasteiger partial charge in [0.15, 0.2) is 0 Å². The van der Waals surface area contributed by atoms with E-state index in [1.807, 2.05) is 55.5 Å². The van der Waals surface area contributed by atoms with Crippen LogP contribution in [-0.2, 0) is 11.3 Å². The lowest BCUT2D eigenvalue weighted by Gasteiger charge is -2.38. The second-order valence-electron chi connectivity index (χ2n) is 6.74. The van der Waals surface area contributed by atoms with Crippen molar-refractivity contribution in [2.24, 2.45) is 0 Å². The quantitative estimate of drug-likeness (QED) is 0.826. The van der Waals surface area contributed by atoms with Gasteiger partial charge in [-0.15, -0.1) is 0 Å². The van der Waals surface area contributed by atoms with Crippen LogP contribution in [0.2, 0.25) is 5.02 Å². The van der Waals surface area contributed by atoms with Gasteiger partial charge in [-0.2, -0.15) is 0 Å². The number of methoxy groups -OCH3 is 1. The highest BCUT2D eigenvalue weighted by molar-refractivity contribution is 6.30. The Morgan fingerprint density at radius 2 is 1.85 bits per heavy atom. The number of hydrogen-bond acceptors (Lipinski definition) is 4. The van der Waals surface area contributed by atoms with Crippen LogP contribution >= 0.6 is 11.6 Å². The highest BCUT2D eigenvalue weighted by Gasteiger charge is 2.25. The third-order valence-corrected chi connectivity index (χ3v) is 5.29. The maximum Gasteiger partial charge on any atom is 0.237 e. The van der Waals surface area contributed by atoms with E-state index in [9.17, 15) is 4.79 Å². The lowest BCUT2D eigenvalue weighted by molar-refractivity contribution is -0.126. The van der Waals surface area contributed by atoms with E-state index < -0.39 is 0 Å². The monoisotopic (exact) mass is 387 g/mol. The number of ether oxygens (including phenoxy) is 1. The molecular formula is C21H26ClN3O2. The molecule has 2 aromatic rings. The van der Waals surface area contributed by atoms with Crippen molar-refractivity contribution in [3.05, 3.63) is 59.1 Å². The van der Waals surface area contributed by atoms with Crippen molar-refractivity contribution in [1.82, 2.24) is 10.2 Å². The van der Waals surface area contributed by atoms with Crippen molar-refractivity contribution in [2.45, 2.75) is 19.5 Å². The zero-order valence-corrected chi connectivity index (χ0v) is 16.6. The van der Waals surface area contributed by atoms with E-state index in [4.69, 9.17) is 16.3 Å². The summed E-state index contributed by atoms with van der Waals surface area (Å²) in [5, 5.41) is 3.78. The molecule has 0 aliphatic carbocycles. The summed E-state index contributed by atoms with van der Waals surface area (Å²) >= 11 is 5.96. The second-order valence-corrected chi connectivity index (χ2v) is 7.18. The van der Waals surface area contributed by atoms with Crippen LogP contribution < -0.4 is 15.0 Å². The van der Waals surface area contributed by atoms with Gasteiger partial charge in [0.25, 0.3) is 0 Å². The SMILES string of the molecule is COc1cccc(CNC(=O)C(C)N2CCN(c3ccc(Cl)cc3)CC2)c1. The van der Waals surface area contributed by atoms with E-state index in [0.717, 1.165) is 42.5 Å². The molecule has 0 bridgehead atoms. The van der Waals surface area contributed by atoms with Crippen LogP contribution in [0.25, 0.3) is 0 Å². The molecule has 0 spiro atoms. The highest BCUT2D eigenvalue weighted by atomic mass is 35.5. The van der Waals surface area contributed by atoms with E-state index in [1.54, 1.807) is 7.11 Å². The smallest absolute Gasteiger partial charge is 0.237 e. The Labute approximate surface area is 165 Å². The molecule has 144 valence electrons. The zero-order valence-electron chi connectivity index (χ0n) is 15.8. The molecular weight excluding hydrogens is 362 g/mol. The third-order valence-electron chi connectivity index (χ3n) is 5.03. The van der Waals surface area contributed by atoms with Crippen molar-refractivity contribution in [2.75, 3.05) is 38.2 Å². The second kappa shape index (κ2) is 9.11. The van der Waals surface area contributed by atoms with Crippen LogP contribution in [0.15, 0.2) is 48.5 Å². The van der Waals surface area contributed by atoms with Crippen LogP contribution in [0.3, 0.4) is 0 Å². The minimum Gasteiger partial charge on any atom is -0.497 e. The minimum absolute atomic E-state index is 0.0535. The number of nitrogens with zero attached hydrogens (tertiary/aromatic N) is 2. The Kier molecular flexibility index (Phi) is 6.58. The van der Waals surface area contributed by atoms with Crippen molar-refractivity contribution >= 4 is 23.2 Å². The molecule has 1 saturated heterocycles. The summed E-state index contributed by atoms with van der Waals surface area (Å²) in [6.07, 6.45) is 0. The van der Waals surface area contributed by atoms with Gasteiger partial charge in [-0.25, -0.2) is 0 Å². The largest absolute Gasteiger partial charge is 0.497 e. The summed E-state index contributed by atoms with van der Waals surface area (Å²) in [4.78, 5) is 17.1. The normalized spacial score (nSPS) is 16.0. The summed E-state index contributed by atoms with van der Waals surface area (Å²) in [6, 6.07) is 15.5. The van der Waals surface area contributed by atoms with Gasteiger partial charge in [-0.05, 0) is 48.9 Å². The molecule has 1 atom stereocenters. The fraction of sp³-hybridized carbons (Fsp3) is 0.381.